The fourth-order valence-electron chi connectivity index (χ4n) is 6.47. The molecule has 4 aromatic rings. The Morgan fingerprint density at radius 3 is 2.74 bits per heavy atom. The first-order chi connectivity index (χ1) is 18.9. The van der Waals surface area contributed by atoms with E-state index in [1.165, 1.54) is 6.26 Å². The van der Waals surface area contributed by atoms with Crippen LogP contribution in [0.3, 0.4) is 0 Å². The number of pyridine rings is 2. The maximum absolute atomic E-state index is 16.3. The van der Waals surface area contributed by atoms with Gasteiger partial charge in [-0.25, -0.2) is 9.37 Å². The summed E-state index contributed by atoms with van der Waals surface area (Å²) >= 11 is 0. The molecule has 3 atom stereocenters. The van der Waals surface area contributed by atoms with E-state index < -0.39 is 5.82 Å². The molecule has 0 aromatic carbocycles. The largest absolute Gasteiger partial charge is 0.462 e. The van der Waals surface area contributed by atoms with Crippen LogP contribution in [-0.4, -0.2) is 75.2 Å². The van der Waals surface area contributed by atoms with Crippen molar-refractivity contribution in [1.82, 2.24) is 30.2 Å². The number of aromatic nitrogens is 4. The molecule has 3 fully saturated rings. The zero-order chi connectivity index (χ0) is 26.7. The third kappa shape index (κ3) is 4.33. The van der Waals surface area contributed by atoms with Crippen molar-refractivity contribution >= 4 is 33.6 Å². The Balaban J connectivity index is 1.31. The van der Waals surface area contributed by atoms with Gasteiger partial charge in [-0.3, -0.25) is 9.88 Å². The van der Waals surface area contributed by atoms with Crippen LogP contribution in [0.5, 0.6) is 6.01 Å². The summed E-state index contributed by atoms with van der Waals surface area (Å²) < 4.78 is 28.1. The zero-order valence-electron chi connectivity index (χ0n) is 22.2. The van der Waals surface area contributed by atoms with Crippen LogP contribution >= 0.6 is 0 Å². The maximum Gasteiger partial charge on any atom is 0.319 e. The number of hydrogen-bond acceptors (Lipinski definition) is 10. The maximum atomic E-state index is 16.3. The zero-order valence-corrected chi connectivity index (χ0v) is 22.2. The number of fused-ring (bicyclic) bond motifs is 4. The van der Waals surface area contributed by atoms with Crippen molar-refractivity contribution in [3.8, 4) is 17.3 Å². The molecule has 2 bridgehead atoms. The van der Waals surface area contributed by atoms with Crippen LogP contribution in [0.4, 0.5) is 16.0 Å². The summed E-state index contributed by atoms with van der Waals surface area (Å²) in [7, 11) is 0. The molecule has 7 rings (SSSR count). The van der Waals surface area contributed by atoms with Crippen molar-refractivity contribution in [2.75, 3.05) is 36.9 Å². The third-order valence-corrected chi connectivity index (χ3v) is 8.34. The van der Waals surface area contributed by atoms with Gasteiger partial charge in [-0.05, 0) is 58.2 Å². The van der Waals surface area contributed by atoms with E-state index >= 15 is 4.39 Å². The fraction of sp³-hybridized carbons (Fsp3) is 0.500. The molecule has 39 heavy (non-hydrogen) atoms. The second kappa shape index (κ2) is 9.56. The molecule has 204 valence electrons. The predicted octanol–water partition coefficient (Wildman–Crippen LogP) is 3.75. The fourth-order valence-corrected chi connectivity index (χ4v) is 6.47. The molecule has 3 saturated heterocycles. The number of nitrogen functional groups attached to an aromatic ring is 1. The summed E-state index contributed by atoms with van der Waals surface area (Å²) in [6.07, 6.45) is 7.57. The lowest BCUT2D eigenvalue weighted by atomic mass is 10.1. The molecule has 0 radical (unpaired) electrons. The molecule has 3 aliphatic heterocycles. The first-order valence-corrected chi connectivity index (χ1v) is 13.8. The van der Waals surface area contributed by atoms with Crippen molar-refractivity contribution in [2.24, 2.45) is 0 Å². The van der Waals surface area contributed by atoms with Gasteiger partial charge < -0.3 is 25.1 Å². The lowest BCUT2D eigenvalue weighted by Gasteiger charge is -2.34. The number of nitrogens with one attached hydrogen (secondary N) is 1. The molecular weight excluding hydrogens is 499 g/mol. The van der Waals surface area contributed by atoms with E-state index in [1.54, 1.807) is 18.3 Å². The quantitative estimate of drug-likeness (QED) is 0.380. The minimum atomic E-state index is -0.560. The van der Waals surface area contributed by atoms with Crippen LogP contribution in [0.1, 0.15) is 39.5 Å². The van der Waals surface area contributed by atoms with Gasteiger partial charge in [0, 0.05) is 43.5 Å². The summed E-state index contributed by atoms with van der Waals surface area (Å²) in [6.45, 7) is 7.52. The van der Waals surface area contributed by atoms with Crippen LogP contribution in [0.2, 0.25) is 0 Å². The van der Waals surface area contributed by atoms with E-state index in [0.29, 0.717) is 58.4 Å². The summed E-state index contributed by atoms with van der Waals surface area (Å²) in [5.41, 5.74) is 7.59. The molecule has 0 aliphatic carbocycles. The molecule has 3 N–H and O–H groups in total. The molecular formula is C28H33FN8O2. The molecule has 11 heteroatoms. The first-order valence-electron chi connectivity index (χ1n) is 13.8. The standard InChI is InChI=1S/C28H33FN8O2/c1-15(2)37-9-3-4-18(37)13-39-28-34-26-19(27(35-28)36-11-16-5-6-17(12-36)32-16)10-31-25(23(26)29)20-14-38-21-7-8-22(30)33-24(20)21/h7-8,10,14-18,32H,3-6,9,11-13H2,1-2H3,(H2,30,33)/t16?,17?,18-/m0/s1. The molecule has 2 unspecified atom stereocenters. The Hall–Kier alpha value is -3.57. The van der Waals surface area contributed by atoms with Crippen molar-refractivity contribution in [1.29, 1.82) is 0 Å². The van der Waals surface area contributed by atoms with E-state index in [2.05, 4.69) is 43.9 Å². The number of halogens is 1. The van der Waals surface area contributed by atoms with E-state index in [9.17, 15) is 0 Å². The van der Waals surface area contributed by atoms with E-state index in [-0.39, 0.29) is 23.3 Å². The SMILES string of the molecule is CC(C)N1CCC[C@H]1COc1nc(N2CC3CCC(C2)N3)c2cnc(-c3coc4ccc(N)nc34)c(F)c2n1. The summed E-state index contributed by atoms with van der Waals surface area (Å²) in [5, 5.41) is 4.22. The average molecular weight is 533 g/mol. The van der Waals surface area contributed by atoms with Gasteiger partial charge in [-0.15, -0.1) is 0 Å². The minimum absolute atomic E-state index is 0.108. The van der Waals surface area contributed by atoms with Crippen LogP contribution in [0.25, 0.3) is 33.3 Å². The topological polar surface area (TPSA) is 118 Å². The monoisotopic (exact) mass is 532 g/mol. The number of nitrogens with two attached hydrogens (primary N) is 1. The summed E-state index contributed by atoms with van der Waals surface area (Å²) in [4.78, 5) is 23.0. The highest BCUT2D eigenvalue weighted by molar-refractivity contribution is 5.96. The lowest BCUT2D eigenvalue weighted by Crippen LogP contribution is -2.51. The Bertz CT molecular complexity index is 1530. The van der Waals surface area contributed by atoms with Gasteiger partial charge in [0.05, 0.1) is 10.9 Å². The second-order valence-electron chi connectivity index (χ2n) is 11.2. The summed E-state index contributed by atoms with van der Waals surface area (Å²) in [5.74, 6) is 0.427. The van der Waals surface area contributed by atoms with Gasteiger partial charge in [0.15, 0.2) is 11.4 Å². The number of anilines is 2. The third-order valence-electron chi connectivity index (χ3n) is 8.34. The Morgan fingerprint density at radius 1 is 1.13 bits per heavy atom. The second-order valence-corrected chi connectivity index (χ2v) is 11.2. The molecule has 0 saturated carbocycles. The number of hydrogen-bond donors (Lipinski definition) is 2. The molecule has 10 nitrogen and oxygen atoms in total. The molecule has 3 aliphatic rings. The van der Waals surface area contributed by atoms with Crippen LogP contribution in [0.15, 0.2) is 29.0 Å². The highest BCUT2D eigenvalue weighted by Crippen LogP contribution is 2.36. The van der Waals surface area contributed by atoms with Gasteiger partial charge in [0.1, 0.15) is 41.2 Å². The van der Waals surface area contributed by atoms with Gasteiger partial charge in [-0.1, -0.05) is 0 Å². The highest BCUT2D eigenvalue weighted by Gasteiger charge is 2.34. The predicted molar refractivity (Wildman–Crippen MR) is 147 cm³/mol. The van der Waals surface area contributed by atoms with Gasteiger partial charge in [0.25, 0.3) is 0 Å². The molecule has 7 heterocycles. The highest BCUT2D eigenvalue weighted by atomic mass is 19.1. The summed E-state index contributed by atoms with van der Waals surface area (Å²) in [6, 6.07) is 5.06. The normalized spacial score (nSPS) is 23.5. The van der Waals surface area contributed by atoms with Crippen molar-refractivity contribution in [3.05, 3.63) is 30.4 Å². The van der Waals surface area contributed by atoms with Crippen molar-refractivity contribution in [3.63, 3.8) is 0 Å². The number of ether oxygens (including phenoxy) is 1. The lowest BCUT2D eigenvalue weighted by molar-refractivity contribution is 0.138. The molecule has 4 aromatic heterocycles. The number of furan rings is 1. The number of likely N-dealkylation sites (tertiary alicyclic amines) is 1. The van der Waals surface area contributed by atoms with Gasteiger partial charge >= 0.3 is 6.01 Å². The van der Waals surface area contributed by atoms with E-state index in [4.69, 9.17) is 19.9 Å². The van der Waals surface area contributed by atoms with Crippen molar-refractivity contribution < 1.29 is 13.5 Å². The van der Waals surface area contributed by atoms with E-state index in [1.807, 2.05) is 0 Å². The van der Waals surface area contributed by atoms with E-state index in [0.717, 1.165) is 45.3 Å². The molecule has 0 spiro atoms. The average Bonchev–Trinajstić information content (AvgIpc) is 3.65. The van der Waals surface area contributed by atoms with Crippen LogP contribution in [0, 0.1) is 5.82 Å². The van der Waals surface area contributed by atoms with Gasteiger partial charge in [0.2, 0.25) is 0 Å². The Kier molecular flexibility index (Phi) is 6.00. The Morgan fingerprint density at radius 2 is 1.95 bits per heavy atom. The van der Waals surface area contributed by atoms with Gasteiger partial charge in [-0.2, -0.15) is 9.97 Å². The van der Waals surface area contributed by atoms with Crippen LogP contribution in [-0.2, 0) is 0 Å². The first kappa shape index (κ1) is 24.5. The number of piperazine rings is 1. The number of nitrogens with zero attached hydrogens (tertiary/aromatic N) is 6. The molecule has 0 amide bonds. The minimum Gasteiger partial charge on any atom is -0.462 e. The smallest absolute Gasteiger partial charge is 0.319 e. The Labute approximate surface area is 225 Å². The number of rotatable bonds is 6. The van der Waals surface area contributed by atoms with Crippen LogP contribution < -0.4 is 20.7 Å². The van der Waals surface area contributed by atoms with Crippen molar-refractivity contribution in [2.45, 2.75) is 63.7 Å².